The van der Waals surface area contributed by atoms with E-state index in [1.165, 1.54) is 5.56 Å². The monoisotopic (exact) mass is 212 g/mol. The largest absolute Gasteiger partial charge is 0.350 e. The first-order valence-electron chi connectivity index (χ1n) is 4.98. The first-order chi connectivity index (χ1) is 6.79. The summed E-state index contributed by atoms with van der Waals surface area (Å²) in [5.41, 5.74) is 1.36. The van der Waals surface area contributed by atoms with Gasteiger partial charge in [0.25, 0.3) is 0 Å². The lowest BCUT2D eigenvalue weighted by atomic mass is 10.1. The van der Waals surface area contributed by atoms with Crippen molar-refractivity contribution in [2.24, 2.45) is 0 Å². The maximum Gasteiger partial charge on any atom is 0.164 e. The molecule has 0 aliphatic carbocycles. The molecule has 0 amide bonds. The predicted octanol–water partition coefficient (Wildman–Crippen LogP) is 2.70. The van der Waals surface area contributed by atoms with Crippen LogP contribution in [-0.2, 0) is 6.42 Å². The number of aryl methyl sites for hydroxylation is 1. The van der Waals surface area contributed by atoms with E-state index in [1.54, 1.807) is 0 Å². The molecule has 0 unspecified atom stereocenters. The van der Waals surface area contributed by atoms with Gasteiger partial charge in [0, 0.05) is 6.16 Å². The van der Waals surface area contributed by atoms with Crippen LogP contribution in [0.15, 0.2) is 30.3 Å². The van der Waals surface area contributed by atoms with Crippen molar-refractivity contribution < 1.29 is 9.79 Å². The van der Waals surface area contributed by atoms with Crippen molar-refractivity contribution in [2.45, 2.75) is 25.7 Å². The van der Waals surface area contributed by atoms with Crippen molar-refractivity contribution in [2.75, 3.05) is 6.16 Å². The molecular weight excluding hydrogens is 195 g/mol. The van der Waals surface area contributed by atoms with E-state index in [2.05, 4.69) is 24.3 Å². The Labute approximate surface area is 86.5 Å². The Morgan fingerprint density at radius 2 is 1.64 bits per heavy atom. The van der Waals surface area contributed by atoms with Gasteiger partial charge in [-0.2, -0.15) is 0 Å². The molecule has 14 heavy (non-hydrogen) atoms. The Hall–Kier alpha value is -0.430. The molecule has 1 aromatic carbocycles. The highest BCUT2D eigenvalue weighted by Crippen LogP contribution is 2.24. The third kappa shape index (κ3) is 5.33. The number of rotatable bonds is 6. The second-order valence-electron chi connectivity index (χ2n) is 3.39. The Morgan fingerprint density at radius 1 is 0.929 bits per heavy atom. The Morgan fingerprint density at radius 3 is 2.29 bits per heavy atom. The Balaban J connectivity index is 2.05. The molecule has 0 atom stereocenters. The molecular formula is C11H17O2P. The number of hydrogen-bond donors (Lipinski definition) is 2. The van der Waals surface area contributed by atoms with Crippen LogP contribution in [0.3, 0.4) is 0 Å². The molecule has 0 saturated carbocycles. The van der Waals surface area contributed by atoms with E-state index in [4.69, 9.17) is 9.79 Å². The molecule has 0 spiro atoms. The first-order valence-corrected chi connectivity index (χ1v) is 6.41. The van der Waals surface area contributed by atoms with E-state index in [9.17, 15) is 0 Å². The molecule has 0 aromatic heterocycles. The average molecular weight is 212 g/mol. The summed E-state index contributed by atoms with van der Waals surface area (Å²) >= 11 is 0. The van der Waals surface area contributed by atoms with Crippen molar-refractivity contribution in [3.63, 3.8) is 0 Å². The normalized spacial score (nSPS) is 10.8. The van der Waals surface area contributed by atoms with Gasteiger partial charge in [0.15, 0.2) is 8.38 Å². The second-order valence-corrected chi connectivity index (χ2v) is 4.58. The van der Waals surface area contributed by atoms with E-state index < -0.39 is 8.38 Å². The second kappa shape index (κ2) is 6.94. The predicted molar refractivity (Wildman–Crippen MR) is 60.2 cm³/mol. The van der Waals surface area contributed by atoms with Crippen molar-refractivity contribution >= 4 is 8.38 Å². The van der Waals surface area contributed by atoms with E-state index in [-0.39, 0.29) is 0 Å². The molecule has 0 radical (unpaired) electrons. The molecule has 0 saturated heterocycles. The third-order valence-corrected chi connectivity index (χ3v) is 2.88. The van der Waals surface area contributed by atoms with Crippen molar-refractivity contribution in [1.82, 2.24) is 0 Å². The Bertz CT molecular complexity index is 236. The highest BCUT2D eigenvalue weighted by molar-refractivity contribution is 7.45. The maximum absolute atomic E-state index is 8.69. The average Bonchev–Trinajstić information content (AvgIpc) is 2.18. The summed E-state index contributed by atoms with van der Waals surface area (Å²) < 4.78 is 0. The van der Waals surface area contributed by atoms with Gasteiger partial charge in [-0.05, 0) is 24.8 Å². The van der Waals surface area contributed by atoms with Gasteiger partial charge in [-0.3, -0.25) is 0 Å². The molecule has 0 fully saturated rings. The summed E-state index contributed by atoms with van der Waals surface area (Å²) in [4.78, 5) is 17.4. The highest BCUT2D eigenvalue weighted by atomic mass is 31.2. The number of unbranched alkanes of at least 4 members (excludes halogenated alkanes) is 2. The molecule has 1 aromatic rings. The highest BCUT2D eigenvalue weighted by Gasteiger charge is 1.97. The van der Waals surface area contributed by atoms with Gasteiger partial charge in [0.05, 0.1) is 0 Å². The summed E-state index contributed by atoms with van der Waals surface area (Å²) in [5, 5.41) is 0. The van der Waals surface area contributed by atoms with Gasteiger partial charge >= 0.3 is 0 Å². The van der Waals surface area contributed by atoms with E-state index in [1.807, 2.05) is 6.07 Å². The fraction of sp³-hybridized carbons (Fsp3) is 0.455. The smallest absolute Gasteiger partial charge is 0.164 e. The lowest BCUT2D eigenvalue weighted by Gasteiger charge is -2.02. The van der Waals surface area contributed by atoms with Gasteiger partial charge in [0.2, 0.25) is 0 Å². The van der Waals surface area contributed by atoms with Crippen LogP contribution in [0.25, 0.3) is 0 Å². The van der Waals surface area contributed by atoms with Crippen LogP contribution < -0.4 is 0 Å². The molecule has 0 aliphatic heterocycles. The van der Waals surface area contributed by atoms with E-state index >= 15 is 0 Å². The van der Waals surface area contributed by atoms with E-state index in [0.717, 1.165) is 25.7 Å². The standard InChI is InChI=1S/C11H17O2P/c12-14(13)10-6-2-5-9-11-7-3-1-4-8-11/h1,3-4,7-8,12-13H,2,5-6,9-10H2. The minimum Gasteiger partial charge on any atom is -0.350 e. The molecule has 2 N–H and O–H groups in total. The zero-order valence-electron chi connectivity index (χ0n) is 8.26. The van der Waals surface area contributed by atoms with Crippen LogP contribution in [0, 0.1) is 0 Å². The fourth-order valence-corrected chi connectivity index (χ4v) is 1.91. The quantitative estimate of drug-likeness (QED) is 0.562. The van der Waals surface area contributed by atoms with Gasteiger partial charge in [-0.25, -0.2) is 0 Å². The Kier molecular flexibility index (Phi) is 5.77. The van der Waals surface area contributed by atoms with Crippen LogP contribution in [0.5, 0.6) is 0 Å². The topological polar surface area (TPSA) is 40.5 Å². The molecule has 1 rings (SSSR count). The fourth-order valence-electron chi connectivity index (χ4n) is 1.40. The van der Waals surface area contributed by atoms with Crippen LogP contribution in [0.1, 0.15) is 24.8 Å². The minimum absolute atomic E-state index is 0.560. The summed E-state index contributed by atoms with van der Waals surface area (Å²) in [6, 6.07) is 10.4. The van der Waals surface area contributed by atoms with Crippen molar-refractivity contribution in [3.05, 3.63) is 35.9 Å². The zero-order valence-corrected chi connectivity index (χ0v) is 9.16. The van der Waals surface area contributed by atoms with Crippen LogP contribution in [-0.4, -0.2) is 15.9 Å². The minimum atomic E-state index is -1.67. The molecule has 0 aliphatic rings. The van der Waals surface area contributed by atoms with Crippen LogP contribution in [0.4, 0.5) is 0 Å². The molecule has 0 bridgehead atoms. The number of benzene rings is 1. The van der Waals surface area contributed by atoms with Gasteiger partial charge in [-0.1, -0.05) is 36.8 Å². The SMILES string of the molecule is OP(O)CCCCCc1ccccc1. The summed E-state index contributed by atoms with van der Waals surface area (Å²) in [7, 11) is -1.67. The molecule has 2 nitrogen and oxygen atoms in total. The summed E-state index contributed by atoms with van der Waals surface area (Å²) in [5.74, 6) is 0. The molecule has 0 heterocycles. The maximum atomic E-state index is 8.69. The first kappa shape index (κ1) is 11.6. The van der Waals surface area contributed by atoms with Gasteiger partial charge in [0.1, 0.15) is 0 Å². The lowest BCUT2D eigenvalue weighted by molar-refractivity contribution is 0.478. The van der Waals surface area contributed by atoms with E-state index in [0.29, 0.717) is 6.16 Å². The summed E-state index contributed by atoms with van der Waals surface area (Å²) in [6.45, 7) is 0. The zero-order chi connectivity index (χ0) is 10.2. The van der Waals surface area contributed by atoms with Gasteiger partial charge in [-0.15, -0.1) is 0 Å². The van der Waals surface area contributed by atoms with Gasteiger partial charge < -0.3 is 9.79 Å². The molecule has 3 heteroatoms. The van der Waals surface area contributed by atoms with Crippen LogP contribution in [0.2, 0.25) is 0 Å². The van der Waals surface area contributed by atoms with Crippen LogP contribution >= 0.6 is 8.38 Å². The molecule has 78 valence electrons. The number of hydrogen-bond acceptors (Lipinski definition) is 2. The third-order valence-electron chi connectivity index (χ3n) is 2.17. The van der Waals surface area contributed by atoms with Crippen molar-refractivity contribution in [1.29, 1.82) is 0 Å². The lowest BCUT2D eigenvalue weighted by Crippen LogP contribution is -1.87. The summed E-state index contributed by atoms with van der Waals surface area (Å²) in [6.07, 6.45) is 4.79. The van der Waals surface area contributed by atoms with Crippen molar-refractivity contribution in [3.8, 4) is 0 Å².